The molecule has 1 aliphatic heterocycles. The van der Waals surface area contributed by atoms with Crippen LogP contribution in [0.5, 0.6) is 0 Å². The molecule has 1 atom stereocenters. The number of hydrogen-bond donors (Lipinski definition) is 1. The maximum Gasteiger partial charge on any atom is 0.252 e. The van der Waals surface area contributed by atoms with Crippen LogP contribution in [0.2, 0.25) is 0 Å². The third kappa shape index (κ3) is 3.12. The molecule has 1 aromatic rings. The van der Waals surface area contributed by atoms with Gasteiger partial charge in [0, 0.05) is 16.2 Å². The van der Waals surface area contributed by atoms with E-state index in [1.54, 1.807) is 0 Å². The van der Waals surface area contributed by atoms with Crippen LogP contribution in [0.4, 0.5) is 5.69 Å². The summed E-state index contributed by atoms with van der Waals surface area (Å²) in [4.78, 5) is 26.2. The van der Waals surface area contributed by atoms with Crippen LogP contribution >= 0.6 is 15.9 Å². The summed E-state index contributed by atoms with van der Waals surface area (Å²) in [5, 5.41) is 3.18. The molecule has 1 N–H and O–H groups in total. The van der Waals surface area contributed by atoms with Crippen LogP contribution in [0.3, 0.4) is 0 Å². The van der Waals surface area contributed by atoms with Crippen molar-refractivity contribution < 1.29 is 9.59 Å². The zero-order valence-electron chi connectivity index (χ0n) is 11.8. The quantitative estimate of drug-likeness (QED) is 0.850. The number of carbonyl (C=O) groups excluding carboxylic acids is 2. The molecule has 2 fully saturated rings. The van der Waals surface area contributed by atoms with Gasteiger partial charge in [-0.15, -0.1) is 0 Å². The molecule has 1 unspecified atom stereocenters. The molecule has 1 aliphatic carbocycles. The number of rotatable bonds is 3. The standard InChI is InChI=1S/C16H19BrN2O2/c17-11-6-8-12(9-7-11)18-14-10-15(20)19(16(14)21)13-4-2-1-3-5-13/h6-9,13-14,18H,1-5,10H2. The monoisotopic (exact) mass is 350 g/mol. The fourth-order valence-corrected chi connectivity index (χ4v) is 3.50. The number of amides is 2. The summed E-state index contributed by atoms with van der Waals surface area (Å²) >= 11 is 3.38. The number of likely N-dealkylation sites (tertiary alicyclic amines) is 1. The lowest BCUT2D eigenvalue weighted by molar-refractivity contribution is -0.141. The Hall–Kier alpha value is -1.36. The predicted molar refractivity (Wildman–Crippen MR) is 84.9 cm³/mol. The second-order valence-corrected chi connectivity index (χ2v) is 6.72. The van der Waals surface area contributed by atoms with Gasteiger partial charge >= 0.3 is 0 Å². The van der Waals surface area contributed by atoms with Gasteiger partial charge in [-0.05, 0) is 37.1 Å². The summed E-state index contributed by atoms with van der Waals surface area (Å²) < 4.78 is 0.991. The normalized spacial score (nSPS) is 23.7. The first-order valence-electron chi connectivity index (χ1n) is 7.53. The minimum atomic E-state index is -0.416. The highest BCUT2D eigenvalue weighted by Gasteiger charge is 2.42. The topological polar surface area (TPSA) is 49.4 Å². The Morgan fingerprint density at radius 2 is 1.71 bits per heavy atom. The number of halogens is 1. The molecule has 1 saturated carbocycles. The van der Waals surface area contributed by atoms with E-state index >= 15 is 0 Å². The molecule has 0 spiro atoms. The molecular formula is C16H19BrN2O2. The Balaban J connectivity index is 1.69. The van der Waals surface area contributed by atoms with Gasteiger partial charge in [-0.2, -0.15) is 0 Å². The Morgan fingerprint density at radius 3 is 2.38 bits per heavy atom. The molecule has 5 heteroatoms. The highest BCUT2D eigenvalue weighted by atomic mass is 79.9. The summed E-state index contributed by atoms with van der Waals surface area (Å²) in [6, 6.07) is 7.36. The van der Waals surface area contributed by atoms with Crippen LogP contribution in [0.15, 0.2) is 28.7 Å². The lowest BCUT2D eigenvalue weighted by Crippen LogP contribution is -2.43. The Bertz CT molecular complexity index is 538. The van der Waals surface area contributed by atoms with Crippen LogP contribution in [0, 0.1) is 0 Å². The van der Waals surface area contributed by atoms with E-state index in [0.717, 1.165) is 35.8 Å². The number of hydrogen-bond acceptors (Lipinski definition) is 3. The first-order chi connectivity index (χ1) is 10.1. The molecule has 3 rings (SSSR count). The lowest BCUT2D eigenvalue weighted by atomic mass is 9.94. The van der Waals surface area contributed by atoms with E-state index in [1.165, 1.54) is 11.3 Å². The number of carbonyl (C=O) groups is 2. The van der Waals surface area contributed by atoms with Gasteiger partial charge in [-0.1, -0.05) is 35.2 Å². The Labute approximate surface area is 133 Å². The largest absolute Gasteiger partial charge is 0.373 e. The van der Waals surface area contributed by atoms with Crippen LogP contribution in [-0.4, -0.2) is 28.8 Å². The second kappa shape index (κ2) is 6.18. The van der Waals surface area contributed by atoms with Crippen LogP contribution in [-0.2, 0) is 9.59 Å². The van der Waals surface area contributed by atoms with E-state index in [-0.39, 0.29) is 24.3 Å². The van der Waals surface area contributed by atoms with Crippen molar-refractivity contribution in [1.29, 1.82) is 0 Å². The van der Waals surface area contributed by atoms with Crippen molar-refractivity contribution in [2.45, 2.75) is 50.6 Å². The third-order valence-electron chi connectivity index (χ3n) is 4.31. The maximum atomic E-state index is 12.5. The minimum Gasteiger partial charge on any atom is -0.373 e. The lowest BCUT2D eigenvalue weighted by Gasteiger charge is -2.29. The number of imide groups is 1. The van der Waals surface area contributed by atoms with Crippen LogP contribution < -0.4 is 5.32 Å². The van der Waals surface area contributed by atoms with Crippen LogP contribution in [0.25, 0.3) is 0 Å². The number of benzene rings is 1. The van der Waals surface area contributed by atoms with Gasteiger partial charge in [-0.25, -0.2) is 0 Å². The van der Waals surface area contributed by atoms with Gasteiger partial charge in [-0.3, -0.25) is 14.5 Å². The number of nitrogens with zero attached hydrogens (tertiary/aromatic N) is 1. The van der Waals surface area contributed by atoms with Gasteiger partial charge < -0.3 is 5.32 Å². The third-order valence-corrected chi connectivity index (χ3v) is 4.84. The van der Waals surface area contributed by atoms with E-state index in [1.807, 2.05) is 24.3 Å². The van der Waals surface area contributed by atoms with E-state index < -0.39 is 6.04 Å². The van der Waals surface area contributed by atoms with Gasteiger partial charge in [0.05, 0.1) is 6.42 Å². The summed E-state index contributed by atoms with van der Waals surface area (Å²) in [5.41, 5.74) is 0.870. The molecule has 1 saturated heterocycles. The molecule has 0 bridgehead atoms. The van der Waals surface area contributed by atoms with E-state index in [4.69, 9.17) is 0 Å². The molecule has 1 heterocycles. The van der Waals surface area contributed by atoms with Crippen LogP contribution in [0.1, 0.15) is 38.5 Å². The van der Waals surface area contributed by atoms with E-state index in [2.05, 4.69) is 21.2 Å². The van der Waals surface area contributed by atoms with Gasteiger partial charge in [0.2, 0.25) is 5.91 Å². The second-order valence-electron chi connectivity index (χ2n) is 5.80. The predicted octanol–water partition coefficient (Wildman–Crippen LogP) is 3.32. The number of anilines is 1. The van der Waals surface area contributed by atoms with Crippen molar-refractivity contribution in [3.05, 3.63) is 28.7 Å². The van der Waals surface area contributed by atoms with Crippen molar-refractivity contribution >= 4 is 33.4 Å². The molecule has 1 aromatic carbocycles. The first-order valence-corrected chi connectivity index (χ1v) is 8.32. The fourth-order valence-electron chi connectivity index (χ4n) is 3.23. The number of nitrogens with one attached hydrogen (secondary N) is 1. The smallest absolute Gasteiger partial charge is 0.252 e. The van der Waals surface area contributed by atoms with Crippen molar-refractivity contribution in [2.75, 3.05) is 5.32 Å². The molecule has 2 aliphatic rings. The summed E-state index contributed by atoms with van der Waals surface area (Å²) in [6.07, 6.45) is 5.64. The molecule has 2 amide bonds. The average Bonchev–Trinajstić information content (AvgIpc) is 2.77. The summed E-state index contributed by atoms with van der Waals surface area (Å²) in [6.45, 7) is 0. The minimum absolute atomic E-state index is 0.0264. The van der Waals surface area contributed by atoms with E-state index in [0.29, 0.717) is 0 Å². The van der Waals surface area contributed by atoms with Gasteiger partial charge in [0.15, 0.2) is 0 Å². The molecule has 21 heavy (non-hydrogen) atoms. The Morgan fingerprint density at radius 1 is 1.05 bits per heavy atom. The van der Waals surface area contributed by atoms with E-state index in [9.17, 15) is 9.59 Å². The summed E-state index contributed by atoms with van der Waals surface area (Å²) in [5.74, 6) is -0.0867. The van der Waals surface area contributed by atoms with Gasteiger partial charge in [0.1, 0.15) is 6.04 Å². The van der Waals surface area contributed by atoms with Gasteiger partial charge in [0.25, 0.3) is 5.91 Å². The molecule has 0 radical (unpaired) electrons. The Kier molecular flexibility index (Phi) is 4.29. The molecule has 0 aromatic heterocycles. The van der Waals surface area contributed by atoms with Crippen molar-refractivity contribution in [3.63, 3.8) is 0 Å². The first kappa shape index (κ1) is 14.6. The highest BCUT2D eigenvalue weighted by molar-refractivity contribution is 9.10. The highest BCUT2D eigenvalue weighted by Crippen LogP contribution is 2.28. The molecule has 112 valence electrons. The molecular weight excluding hydrogens is 332 g/mol. The summed E-state index contributed by atoms with van der Waals surface area (Å²) in [7, 11) is 0. The zero-order valence-corrected chi connectivity index (χ0v) is 13.4. The fraction of sp³-hybridized carbons (Fsp3) is 0.500. The van der Waals surface area contributed by atoms with Crippen molar-refractivity contribution in [1.82, 2.24) is 4.90 Å². The van der Waals surface area contributed by atoms with Crippen molar-refractivity contribution in [3.8, 4) is 0 Å². The van der Waals surface area contributed by atoms with Crippen molar-refractivity contribution in [2.24, 2.45) is 0 Å². The average molecular weight is 351 g/mol. The maximum absolute atomic E-state index is 12.5. The zero-order chi connectivity index (χ0) is 14.8. The molecule has 4 nitrogen and oxygen atoms in total. The SMILES string of the molecule is O=C1CC(Nc2ccc(Br)cc2)C(=O)N1C1CCCCC1.